The Hall–Kier alpha value is -1.77. The van der Waals surface area contributed by atoms with E-state index in [0.717, 1.165) is 0 Å². The van der Waals surface area contributed by atoms with Gasteiger partial charge >= 0.3 is 6.18 Å². The highest BCUT2D eigenvalue weighted by Gasteiger charge is 2.35. The van der Waals surface area contributed by atoms with Crippen molar-refractivity contribution in [2.75, 3.05) is 23.8 Å². The normalized spacial score (nSPS) is 11.4. The number of anilines is 3. The van der Waals surface area contributed by atoms with E-state index in [4.69, 9.17) is 28.3 Å². The third kappa shape index (κ3) is 5.62. The van der Waals surface area contributed by atoms with Crippen molar-refractivity contribution in [1.29, 1.82) is 0 Å². The Balaban J connectivity index is 2.22. The van der Waals surface area contributed by atoms with Gasteiger partial charge in [0.15, 0.2) is 0 Å². The first-order valence-electron chi connectivity index (χ1n) is 7.32. The predicted octanol–water partition coefficient (Wildman–Crippen LogP) is 4.73. The van der Waals surface area contributed by atoms with Crippen LogP contribution in [0.25, 0.3) is 0 Å². The molecular weight excluding hydrogens is 380 g/mol. The van der Waals surface area contributed by atoms with E-state index in [9.17, 15) is 13.2 Å². The Morgan fingerprint density at radius 3 is 2.52 bits per heavy atom. The third-order valence-electron chi connectivity index (χ3n) is 3.15. The SMILES string of the molecule is OCCCCNc1nc(Nc2ccc(Cl)c(Cl)c2)ncc1C(F)(F)F. The second-order valence-corrected chi connectivity index (χ2v) is 5.88. The van der Waals surface area contributed by atoms with Crippen molar-refractivity contribution in [3.05, 3.63) is 40.0 Å². The summed E-state index contributed by atoms with van der Waals surface area (Å²) in [5, 5.41) is 14.8. The number of rotatable bonds is 7. The molecule has 0 amide bonds. The Morgan fingerprint density at radius 2 is 1.88 bits per heavy atom. The lowest BCUT2D eigenvalue weighted by Gasteiger charge is -2.15. The molecule has 0 spiro atoms. The molecule has 2 rings (SSSR count). The highest BCUT2D eigenvalue weighted by Crippen LogP contribution is 2.34. The molecular formula is C15H15Cl2F3N4O. The van der Waals surface area contributed by atoms with Crippen LogP contribution in [-0.2, 0) is 6.18 Å². The highest BCUT2D eigenvalue weighted by atomic mass is 35.5. The second kappa shape index (κ2) is 8.55. The highest BCUT2D eigenvalue weighted by molar-refractivity contribution is 6.42. The molecule has 0 saturated heterocycles. The molecule has 1 aromatic carbocycles. The number of benzene rings is 1. The van der Waals surface area contributed by atoms with Crippen LogP contribution in [0.1, 0.15) is 18.4 Å². The number of hydrogen-bond acceptors (Lipinski definition) is 5. The van der Waals surface area contributed by atoms with E-state index < -0.39 is 11.7 Å². The van der Waals surface area contributed by atoms with Gasteiger partial charge in [-0.15, -0.1) is 0 Å². The number of nitrogens with one attached hydrogen (secondary N) is 2. The molecule has 3 N–H and O–H groups in total. The van der Waals surface area contributed by atoms with Crippen molar-refractivity contribution in [1.82, 2.24) is 9.97 Å². The molecule has 0 atom stereocenters. The Morgan fingerprint density at radius 1 is 1.12 bits per heavy atom. The van der Waals surface area contributed by atoms with Crippen LogP contribution in [0.2, 0.25) is 10.0 Å². The Bertz CT molecular complexity index is 728. The fraction of sp³-hybridized carbons (Fsp3) is 0.333. The molecule has 0 unspecified atom stereocenters. The summed E-state index contributed by atoms with van der Waals surface area (Å²) in [6.07, 6.45) is -2.89. The average Bonchev–Trinajstić information content (AvgIpc) is 2.54. The molecule has 0 aliphatic heterocycles. The van der Waals surface area contributed by atoms with E-state index in [1.807, 2.05) is 0 Å². The summed E-state index contributed by atoms with van der Waals surface area (Å²) < 4.78 is 39.2. The van der Waals surface area contributed by atoms with Gasteiger partial charge in [0, 0.05) is 25.0 Å². The number of unbranched alkanes of at least 4 members (excludes halogenated alkanes) is 1. The maximum absolute atomic E-state index is 13.1. The number of nitrogens with zero attached hydrogens (tertiary/aromatic N) is 2. The van der Waals surface area contributed by atoms with Gasteiger partial charge in [0.05, 0.1) is 10.0 Å². The van der Waals surface area contributed by atoms with Crippen LogP contribution in [0.3, 0.4) is 0 Å². The lowest BCUT2D eigenvalue weighted by molar-refractivity contribution is -0.137. The van der Waals surface area contributed by atoms with Crippen molar-refractivity contribution in [3.8, 4) is 0 Å². The minimum Gasteiger partial charge on any atom is -0.396 e. The topological polar surface area (TPSA) is 70.1 Å². The van der Waals surface area contributed by atoms with Crippen LogP contribution in [0.5, 0.6) is 0 Å². The zero-order valence-corrected chi connectivity index (χ0v) is 14.4. The minimum atomic E-state index is -4.58. The van der Waals surface area contributed by atoms with Crippen molar-refractivity contribution >= 4 is 40.7 Å². The van der Waals surface area contributed by atoms with E-state index in [1.165, 1.54) is 6.07 Å². The van der Waals surface area contributed by atoms with Crippen molar-refractivity contribution in [2.24, 2.45) is 0 Å². The van der Waals surface area contributed by atoms with E-state index >= 15 is 0 Å². The monoisotopic (exact) mass is 394 g/mol. The molecule has 25 heavy (non-hydrogen) atoms. The molecule has 0 bridgehead atoms. The van der Waals surface area contributed by atoms with Gasteiger partial charge in [0.25, 0.3) is 0 Å². The molecule has 0 saturated carbocycles. The summed E-state index contributed by atoms with van der Waals surface area (Å²) in [5.74, 6) is -0.348. The number of halogens is 5. The van der Waals surface area contributed by atoms with Gasteiger partial charge in [-0.3, -0.25) is 0 Å². The van der Waals surface area contributed by atoms with Gasteiger partial charge < -0.3 is 15.7 Å². The number of alkyl halides is 3. The maximum atomic E-state index is 13.1. The van der Waals surface area contributed by atoms with Gasteiger partial charge in [0.1, 0.15) is 11.4 Å². The molecule has 1 aromatic heterocycles. The molecule has 0 aliphatic carbocycles. The summed E-state index contributed by atoms with van der Waals surface area (Å²) in [6.45, 7) is 0.217. The van der Waals surface area contributed by atoms with E-state index in [2.05, 4.69) is 20.6 Å². The first-order chi connectivity index (χ1) is 11.8. The third-order valence-corrected chi connectivity index (χ3v) is 3.89. The molecule has 0 radical (unpaired) electrons. The molecule has 0 aliphatic rings. The molecule has 1 heterocycles. The van der Waals surface area contributed by atoms with Gasteiger partial charge in [-0.05, 0) is 31.0 Å². The molecule has 136 valence electrons. The van der Waals surface area contributed by atoms with Crippen LogP contribution in [-0.4, -0.2) is 28.2 Å². The fourth-order valence-corrected chi connectivity index (χ4v) is 2.23. The van der Waals surface area contributed by atoms with Gasteiger partial charge in [-0.1, -0.05) is 23.2 Å². The first-order valence-corrected chi connectivity index (χ1v) is 8.08. The summed E-state index contributed by atoms with van der Waals surface area (Å²) in [6, 6.07) is 4.66. The largest absolute Gasteiger partial charge is 0.421 e. The Labute approximate surface area is 152 Å². The van der Waals surface area contributed by atoms with Crippen molar-refractivity contribution < 1.29 is 18.3 Å². The zero-order chi connectivity index (χ0) is 18.4. The zero-order valence-electron chi connectivity index (χ0n) is 12.9. The molecule has 10 heteroatoms. The van der Waals surface area contributed by atoms with Gasteiger partial charge in [-0.2, -0.15) is 18.2 Å². The van der Waals surface area contributed by atoms with E-state index in [-0.39, 0.29) is 24.9 Å². The summed E-state index contributed by atoms with van der Waals surface area (Å²) in [4.78, 5) is 7.59. The summed E-state index contributed by atoms with van der Waals surface area (Å²) in [5.41, 5.74) is -0.475. The number of aliphatic hydroxyl groups is 1. The molecule has 0 fully saturated rings. The number of aliphatic hydroxyl groups excluding tert-OH is 1. The van der Waals surface area contributed by atoms with Crippen LogP contribution < -0.4 is 10.6 Å². The Kier molecular flexibility index (Phi) is 6.69. The van der Waals surface area contributed by atoms with Gasteiger partial charge in [0.2, 0.25) is 5.95 Å². The predicted molar refractivity (Wildman–Crippen MR) is 91.6 cm³/mol. The number of aromatic nitrogens is 2. The summed E-state index contributed by atoms with van der Waals surface area (Å²) in [7, 11) is 0. The van der Waals surface area contributed by atoms with Crippen molar-refractivity contribution in [3.63, 3.8) is 0 Å². The standard InChI is InChI=1S/C15H15Cl2F3N4O/c16-11-4-3-9(7-12(11)17)23-14-22-8-10(15(18,19)20)13(24-14)21-5-1-2-6-25/h3-4,7-8,25H,1-2,5-6H2,(H2,21,22,23,24). The van der Waals surface area contributed by atoms with Crippen molar-refractivity contribution in [2.45, 2.75) is 19.0 Å². The minimum absolute atomic E-state index is 0.0175. The van der Waals surface area contributed by atoms with E-state index in [0.29, 0.717) is 34.8 Å². The maximum Gasteiger partial charge on any atom is 0.421 e. The molecule has 5 nitrogen and oxygen atoms in total. The lowest BCUT2D eigenvalue weighted by Crippen LogP contribution is -2.15. The smallest absolute Gasteiger partial charge is 0.396 e. The van der Waals surface area contributed by atoms with Crippen LogP contribution in [0, 0.1) is 0 Å². The van der Waals surface area contributed by atoms with E-state index in [1.54, 1.807) is 12.1 Å². The quantitative estimate of drug-likeness (QED) is 0.592. The lowest BCUT2D eigenvalue weighted by atomic mass is 10.2. The summed E-state index contributed by atoms with van der Waals surface area (Å²) >= 11 is 11.7. The van der Waals surface area contributed by atoms with Gasteiger partial charge in [-0.25, -0.2) is 4.98 Å². The van der Waals surface area contributed by atoms with Crippen LogP contribution in [0.15, 0.2) is 24.4 Å². The first kappa shape index (κ1) is 19.6. The van der Waals surface area contributed by atoms with Crippen LogP contribution in [0.4, 0.5) is 30.6 Å². The fourth-order valence-electron chi connectivity index (χ4n) is 1.93. The second-order valence-electron chi connectivity index (χ2n) is 5.07. The molecule has 2 aromatic rings. The average molecular weight is 395 g/mol. The number of hydrogen-bond donors (Lipinski definition) is 3. The van der Waals surface area contributed by atoms with Crippen LogP contribution >= 0.6 is 23.2 Å².